The Hall–Kier alpha value is -2.85. The molecule has 0 radical (unpaired) electrons. The number of benzene rings is 3. The minimum Gasteiger partial charge on any atom is -0.508 e. The molecule has 26 heavy (non-hydrogen) atoms. The lowest BCUT2D eigenvalue weighted by Gasteiger charge is -2.22. The molecule has 134 valence electrons. The van der Waals surface area contributed by atoms with Crippen molar-refractivity contribution in [3.05, 3.63) is 77.9 Å². The van der Waals surface area contributed by atoms with Crippen molar-refractivity contribution in [1.29, 1.82) is 0 Å². The lowest BCUT2D eigenvalue weighted by Crippen LogP contribution is -2.29. The number of hydrogen-bond acceptors (Lipinski definition) is 3. The Morgan fingerprint density at radius 1 is 1.04 bits per heavy atom. The average Bonchev–Trinajstić information content (AvgIpc) is 2.67. The molecule has 0 saturated carbocycles. The zero-order valence-electron chi connectivity index (χ0n) is 14.8. The predicted octanol–water partition coefficient (Wildman–Crippen LogP) is 4.18. The van der Waals surface area contributed by atoms with Crippen molar-refractivity contribution in [1.82, 2.24) is 5.32 Å². The number of phenols is 1. The molecule has 0 aliphatic heterocycles. The van der Waals surface area contributed by atoms with Crippen LogP contribution in [0, 0.1) is 0 Å². The maximum atomic E-state index is 12.5. The van der Waals surface area contributed by atoms with Gasteiger partial charge in [-0.05, 0) is 28.8 Å². The molecule has 3 aromatic carbocycles. The van der Waals surface area contributed by atoms with Crippen molar-refractivity contribution >= 4 is 16.7 Å². The van der Waals surface area contributed by atoms with Crippen LogP contribution in [-0.4, -0.2) is 24.7 Å². The second-order valence-electron chi connectivity index (χ2n) is 6.23. The van der Waals surface area contributed by atoms with Crippen LogP contribution >= 0.6 is 0 Å². The summed E-state index contributed by atoms with van der Waals surface area (Å²) < 4.78 is 5.02. The number of hydrogen-bond donors (Lipinski definition) is 2. The molecule has 0 saturated heterocycles. The fourth-order valence-corrected chi connectivity index (χ4v) is 3.17. The molecule has 0 spiro atoms. The third-order valence-electron chi connectivity index (χ3n) is 4.43. The van der Waals surface area contributed by atoms with Gasteiger partial charge in [-0.2, -0.15) is 0 Å². The Kier molecular flexibility index (Phi) is 5.87. The van der Waals surface area contributed by atoms with Gasteiger partial charge >= 0.3 is 0 Å². The molecule has 0 fully saturated rings. The van der Waals surface area contributed by atoms with E-state index in [9.17, 15) is 9.90 Å². The number of carbonyl (C=O) groups is 1. The van der Waals surface area contributed by atoms with E-state index in [1.54, 1.807) is 13.2 Å². The van der Waals surface area contributed by atoms with Crippen molar-refractivity contribution in [2.75, 3.05) is 13.7 Å². The zero-order chi connectivity index (χ0) is 18.4. The molecule has 3 rings (SSSR count). The Labute approximate surface area is 153 Å². The summed E-state index contributed by atoms with van der Waals surface area (Å²) in [5.74, 6) is 0.109. The monoisotopic (exact) mass is 349 g/mol. The first-order valence-corrected chi connectivity index (χ1v) is 8.74. The maximum Gasteiger partial charge on any atom is 0.220 e. The van der Waals surface area contributed by atoms with Crippen LogP contribution in [0.1, 0.15) is 30.0 Å². The quantitative estimate of drug-likeness (QED) is 0.629. The fourth-order valence-electron chi connectivity index (χ4n) is 3.17. The lowest BCUT2D eigenvalue weighted by atomic mass is 9.92. The Morgan fingerprint density at radius 2 is 1.77 bits per heavy atom. The molecule has 3 aromatic rings. The highest BCUT2D eigenvalue weighted by molar-refractivity contribution is 5.89. The number of aromatic hydroxyl groups is 1. The highest BCUT2D eigenvalue weighted by atomic mass is 16.5. The van der Waals surface area contributed by atoms with Crippen molar-refractivity contribution in [2.24, 2.45) is 0 Å². The smallest absolute Gasteiger partial charge is 0.220 e. The van der Waals surface area contributed by atoms with Crippen molar-refractivity contribution in [2.45, 2.75) is 18.9 Å². The van der Waals surface area contributed by atoms with Gasteiger partial charge in [0.1, 0.15) is 5.75 Å². The molecule has 0 aliphatic carbocycles. The summed E-state index contributed by atoms with van der Waals surface area (Å²) in [7, 11) is 1.62. The number of carbonyl (C=O) groups excluding carboxylic acids is 1. The third kappa shape index (κ3) is 4.03. The number of phenolic OH excluding ortho intramolecular Hbond substituents is 1. The summed E-state index contributed by atoms with van der Waals surface area (Å²) in [6.07, 6.45) is 1.04. The molecule has 0 heterocycles. The van der Waals surface area contributed by atoms with Crippen molar-refractivity contribution in [3.8, 4) is 5.75 Å². The summed E-state index contributed by atoms with van der Waals surface area (Å²) in [5, 5.41) is 15.6. The number of methoxy groups -OCH3 is 1. The first kappa shape index (κ1) is 18.0. The third-order valence-corrected chi connectivity index (χ3v) is 4.43. The molecule has 2 N–H and O–H groups in total. The Balaban J connectivity index is 2.02. The molecular weight excluding hydrogens is 326 g/mol. The summed E-state index contributed by atoms with van der Waals surface area (Å²) in [6.45, 7) is 0.545. The van der Waals surface area contributed by atoms with E-state index < -0.39 is 6.04 Å². The van der Waals surface area contributed by atoms with Gasteiger partial charge in [-0.15, -0.1) is 0 Å². The molecule has 1 amide bonds. The summed E-state index contributed by atoms with van der Waals surface area (Å²) in [6, 6.07) is 20.7. The molecule has 0 aliphatic rings. The number of amides is 1. The normalized spacial score (nSPS) is 12.0. The van der Waals surface area contributed by atoms with Crippen LogP contribution in [0.5, 0.6) is 5.75 Å². The van der Waals surface area contributed by atoms with E-state index in [1.807, 2.05) is 60.7 Å². The molecule has 0 bridgehead atoms. The topological polar surface area (TPSA) is 58.6 Å². The number of fused-ring (bicyclic) bond motifs is 1. The Bertz CT molecular complexity index is 877. The van der Waals surface area contributed by atoms with Crippen LogP contribution in [0.3, 0.4) is 0 Å². The predicted molar refractivity (Wildman–Crippen MR) is 103 cm³/mol. The molecular formula is C22H23NO3. The van der Waals surface area contributed by atoms with Crippen LogP contribution < -0.4 is 5.32 Å². The minimum absolute atomic E-state index is 0.0664. The van der Waals surface area contributed by atoms with Crippen LogP contribution in [-0.2, 0) is 9.53 Å². The first-order valence-electron chi connectivity index (χ1n) is 8.74. The van der Waals surface area contributed by atoms with Gasteiger partial charge in [0.25, 0.3) is 0 Å². The van der Waals surface area contributed by atoms with E-state index in [4.69, 9.17) is 4.74 Å². The average molecular weight is 349 g/mol. The van der Waals surface area contributed by atoms with E-state index >= 15 is 0 Å². The zero-order valence-corrected chi connectivity index (χ0v) is 14.8. The van der Waals surface area contributed by atoms with E-state index in [2.05, 4.69) is 5.32 Å². The standard InChI is InChI=1S/C22H23NO3/c1-26-15-7-12-20(25)23-22(17-9-3-2-4-10-17)21-18-11-6-5-8-16(18)13-14-19(21)24/h2-6,8-11,13-14,22,24H,7,12,15H2,1H3,(H,23,25)/t22-/m1/s1. The Morgan fingerprint density at radius 3 is 2.54 bits per heavy atom. The second kappa shape index (κ2) is 8.50. The molecule has 4 heteroatoms. The van der Waals surface area contributed by atoms with Gasteiger partial charge in [0.15, 0.2) is 0 Å². The van der Waals surface area contributed by atoms with Gasteiger partial charge in [0, 0.05) is 25.7 Å². The van der Waals surface area contributed by atoms with Crippen LogP contribution in [0.25, 0.3) is 10.8 Å². The van der Waals surface area contributed by atoms with E-state index in [0.717, 1.165) is 21.9 Å². The summed E-state index contributed by atoms with van der Waals surface area (Å²) in [5.41, 5.74) is 1.65. The molecule has 1 atom stereocenters. The number of rotatable bonds is 7. The SMILES string of the molecule is COCCCC(=O)N[C@H](c1ccccc1)c1c(O)ccc2ccccc12. The van der Waals surface area contributed by atoms with E-state index in [1.165, 1.54) is 0 Å². The highest BCUT2D eigenvalue weighted by Gasteiger charge is 2.22. The highest BCUT2D eigenvalue weighted by Crippen LogP contribution is 2.35. The second-order valence-corrected chi connectivity index (χ2v) is 6.23. The number of ether oxygens (including phenoxy) is 1. The van der Waals surface area contributed by atoms with Gasteiger partial charge in [0.2, 0.25) is 5.91 Å². The number of nitrogens with one attached hydrogen (secondary N) is 1. The van der Waals surface area contributed by atoms with Crippen LogP contribution in [0.2, 0.25) is 0 Å². The summed E-state index contributed by atoms with van der Waals surface area (Å²) in [4.78, 5) is 12.5. The van der Waals surface area contributed by atoms with Crippen molar-refractivity contribution < 1.29 is 14.6 Å². The van der Waals surface area contributed by atoms with Gasteiger partial charge in [-0.1, -0.05) is 60.7 Å². The van der Waals surface area contributed by atoms with Gasteiger partial charge in [-0.3, -0.25) is 4.79 Å². The largest absolute Gasteiger partial charge is 0.508 e. The van der Waals surface area contributed by atoms with E-state index in [-0.39, 0.29) is 11.7 Å². The van der Waals surface area contributed by atoms with Crippen LogP contribution in [0.4, 0.5) is 0 Å². The van der Waals surface area contributed by atoms with Gasteiger partial charge < -0.3 is 15.2 Å². The fraction of sp³-hybridized carbons (Fsp3) is 0.227. The first-order chi connectivity index (χ1) is 12.7. The molecule has 4 nitrogen and oxygen atoms in total. The summed E-state index contributed by atoms with van der Waals surface area (Å²) >= 11 is 0. The van der Waals surface area contributed by atoms with Gasteiger partial charge in [-0.25, -0.2) is 0 Å². The van der Waals surface area contributed by atoms with E-state index in [0.29, 0.717) is 19.4 Å². The lowest BCUT2D eigenvalue weighted by molar-refractivity contribution is -0.121. The molecule has 0 aromatic heterocycles. The maximum absolute atomic E-state index is 12.5. The van der Waals surface area contributed by atoms with Crippen molar-refractivity contribution in [3.63, 3.8) is 0 Å². The van der Waals surface area contributed by atoms with Gasteiger partial charge in [0.05, 0.1) is 6.04 Å². The van der Waals surface area contributed by atoms with Crippen LogP contribution in [0.15, 0.2) is 66.7 Å². The molecule has 0 unspecified atom stereocenters. The minimum atomic E-state index is -0.419.